The van der Waals surface area contributed by atoms with E-state index in [9.17, 15) is 0 Å². The number of methoxy groups -OCH3 is 5. The van der Waals surface area contributed by atoms with E-state index in [0.717, 1.165) is 28.7 Å². The molecule has 0 amide bonds. The third-order valence-electron chi connectivity index (χ3n) is 7.80. The lowest BCUT2D eigenvalue weighted by molar-refractivity contribution is -0.238. The zero-order chi connectivity index (χ0) is 30.2. The molecule has 1 heterocycles. The molecule has 4 aromatic carbocycles. The highest BCUT2D eigenvalue weighted by Gasteiger charge is 2.47. The van der Waals surface area contributed by atoms with Crippen LogP contribution in [-0.2, 0) is 34.9 Å². The Morgan fingerprint density at radius 1 is 0.659 bits per heavy atom. The highest BCUT2D eigenvalue weighted by atomic mass is 35.5. The third-order valence-corrected chi connectivity index (χ3v) is 7.80. The second kappa shape index (κ2) is 15.2. The van der Waals surface area contributed by atoms with Gasteiger partial charge in [-0.25, -0.2) is 0 Å². The van der Waals surface area contributed by atoms with E-state index in [1.165, 1.54) is 0 Å². The van der Waals surface area contributed by atoms with Crippen molar-refractivity contribution in [3.05, 3.63) is 113 Å². The predicted octanol–water partition coefficient (Wildman–Crippen LogP) is 6.62. The van der Waals surface area contributed by atoms with Crippen LogP contribution in [0, 0.1) is 0 Å². The van der Waals surface area contributed by atoms with Gasteiger partial charge in [0.2, 0.25) is 11.5 Å². The maximum atomic E-state index is 6.43. The van der Waals surface area contributed by atoms with Crippen LogP contribution < -0.4 is 29.0 Å². The van der Waals surface area contributed by atoms with Crippen molar-refractivity contribution in [1.29, 1.82) is 0 Å². The van der Waals surface area contributed by atoms with Gasteiger partial charge in [-0.15, -0.1) is 12.4 Å². The third kappa shape index (κ3) is 6.59. The smallest absolute Gasteiger partial charge is 0.218 e. The van der Waals surface area contributed by atoms with Gasteiger partial charge in [0.25, 0.3) is 0 Å². The van der Waals surface area contributed by atoms with Crippen LogP contribution in [0.5, 0.6) is 28.7 Å². The summed E-state index contributed by atoms with van der Waals surface area (Å²) in [5.74, 6) is 1.48. The highest BCUT2D eigenvalue weighted by Crippen LogP contribution is 2.51. The van der Waals surface area contributed by atoms with Gasteiger partial charge in [0.15, 0.2) is 23.0 Å². The molecule has 0 spiro atoms. The first-order valence-corrected chi connectivity index (χ1v) is 14.2. The fraction of sp³-hybridized carbons (Fsp3) is 0.314. The van der Waals surface area contributed by atoms with Crippen molar-refractivity contribution in [3.63, 3.8) is 0 Å². The van der Waals surface area contributed by atoms with Gasteiger partial charge >= 0.3 is 0 Å². The van der Waals surface area contributed by atoms with Crippen molar-refractivity contribution in [1.82, 2.24) is 5.32 Å². The van der Waals surface area contributed by atoms with Gasteiger partial charge in [-0.2, -0.15) is 0 Å². The topological polar surface area (TPSA) is 76.6 Å². The van der Waals surface area contributed by atoms with E-state index in [0.29, 0.717) is 54.1 Å². The Balaban J connectivity index is 0.00000442. The maximum Gasteiger partial charge on any atom is 0.218 e. The van der Waals surface area contributed by atoms with Crippen molar-refractivity contribution in [2.75, 3.05) is 42.1 Å². The minimum atomic E-state index is -1.29. The van der Waals surface area contributed by atoms with Crippen LogP contribution in [-0.4, -0.2) is 42.1 Å². The summed E-state index contributed by atoms with van der Waals surface area (Å²) in [5, 5.41) is 3.64. The fourth-order valence-corrected chi connectivity index (χ4v) is 5.67. The summed E-state index contributed by atoms with van der Waals surface area (Å²) in [6.07, 6.45) is 0.791. The summed E-state index contributed by atoms with van der Waals surface area (Å²) < 4.78 is 42.4. The number of hydrogen-bond acceptors (Lipinski definition) is 8. The molecule has 1 aliphatic heterocycles. The summed E-state index contributed by atoms with van der Waals surface area (Å²) in [4.78, 5) is 0. The van der Waals surface area contributed by atoms with Crippen LogP contribution in [0.2, 0.25) is 0 Å². The van der Waals surface area contributed by atoms with E-state index in [2.05, 4.69) is 11.4 Å². The first kappa shape index (κ1) is 33.0. The molecule has 5 rings (SSSR count). The molecule has 1 atom stereocenters. The number of ether oxygens (including phenoxy) is 7. The Bertz CT molecular complexity index is 1500. The van der Waals surface area contributed by atoms with Crippen molar-refractivity contribution < 1.29 is 33.2 Å². The Morgan fingerprint density at radius 2 is 1.23 bits per heavy atom. The molecular weight excluding hydrogens is 582 g/mol. The van der Waals surface area contributed by atoms with E-state index in [1.54, 1.807) is 35.5 Å². The normalized spacial score (nSPS) is 14.2. The maximum absolute atomic E-state index is 6.43. The molecule has 0 aliphatic carbocycles. The molecule has 44 heavy (non-hydrogen) atoms. The predicted molar refractivity (Wildman–Crippen MR) is 171 cm³/mol. The van der Waals surface area contributed by atoms with Crippen LogP contribution in [0.4, 0.5) is 0 Å². The molecule has 8 nitrogen and oxygen atoms in total. The number of nitrogens with one attached hydrogen (secondary N) is 1. The largest absolute Gasteiger partial charge is 0.493 e. The monoisotopic (exact) mass is 621 g/mol. The lowest BCUT2D eigenvalue weighted by Crippen LogP contribution is -2.48. The number of fused-ring (bicyclic) bond motifs is 1. The van der Waals surface area contributed by atoms with Crippen molar-refractivity contribution in [2.24, 2.45) is 0 Å². The minimum absolute atomic E-state index is 0. The number of rotatable bonds is 13. The van der Waals surface area contributed by atoms with E-state index >= 15 is 0 Å². The molecule has 0 radical (unpaired) electrons. The molecule has 1 N–H and O–H groups in total. The average molecular weight is 622 g/mol. The van der Waals surface area contributed by atoms with Gasteiger partial charge in [0.05, 0.1) is 32.9 Å². The number of hydrogen-bond donors (Lipinski definition) is 1. The second-order valence-corrected chi connectivity index (χ2v) is 10.1. The molecule has 9 heteroatoms. The highest BCUT2D eigenvalue weighted by molar-refractivity contribution is 5.85. The summed E-state index contributed by atoms with van der Waals surface area (Å²) in [7, 11) is 8.00. The number of benzene rings is 4. The SMILES string of the molecule is COc1ccc(C(OC)(OC)C2NCCc3cc(OCc4ccccc4)c(OCc4ccccc4)cc32)c(OC)c1OC.Cl. The zero-order valence-corrected chi connectivity index (χ0v) is 26.6. The summed E-state index contributed by atoms with van der Waals surface area (Å²) in [5.41, 5.74) is 4.87. The molecule has 4 aromatic rings. The average Bonchev–Trinajstić information content (AvgIpc) is 3.07. The van der Waals surface area contributed by atoms with Crippen molar-refractivity contribution >= 4 is 12.4 Å². The van der Waals surface area contributed by atoms with Gasteiger partial charge in [0, 0.05) is 14.2 Å². The van der Waals surface area contributed by atoms with Gasteiger partial charge < -0.3 is 38.5 Å². The zero-order valence-electron chi connectivity index (χ0n) is 25.8. The van der Waals surface area contributed by atoms with Crippen LogP contribution in [0.25, 0.3) is 0 Å². The lowest BCUT2D eigenvalue weighted by atomic mass is 9.84. The lowest BCUT2D eigenvalue weighted by Gasteiger charge is -2.42. The standard InChI is InChI=1S/C35H39NO7.ClH/c1-37-29-17-16-28(32(38-2)33(29)39-3)35(40-4,41-5)34-27-21-31(43-23-25-14-10-7-11-15-25)30(20-26(27)18-19-36-34)42-22-24-12-8-6-9-13-24;/h6-17,20-21,34,36H,18-19,22-23H2,1-5H3;1H. The summed E-state index contributed by atoms with van der Waals surface area (Å²) in [6.45, 7) is 1.51. The van der Waals surface area contributed by atoms with Crippen LogP contribution in [0.3, 0.4) is 0 Å². The molecule has 0 aromatic heterocycles. The van der Waals surface area contributed by atoms with E-state index in [4.69, 9.17) is 33.2 Å². The molecule has 1 aliphatic rings. The molecule has 0 bridgehead atoms. The fourth-order valence-electron chi connectivity index (χ4n) is 5.67. The molecular formula is C35H40ClNO7. The van der Waals surface area contributed by atoms with E-state index in [-0.39, 0.29) is 12.4 Å². The van der Waals surface area contributed by atoms with Crippen LogP contribution in [0.1, 0.15) is 33.9 Å². The minimum Gasteiger partial charge on any atom is -0.493 e. The quantitative estimate of drug-likeness (QED) is 0.167. The van der Waals surface area contributed by atoms with Crippen LogP contribution in [0.15, 0.2) is 84.9 Å². The molecule has 234 valence electrons. The molecule has 0 saturated carbocycles. The Morgan fingerprint density at radius 3 is 1.75 bits per heavy atom. The molecule has 0 saturated heterocycles. The van der Waals surface area contributed by atoms with Crippen molar-refractivity contribution in [3.8, 4) is 28.7 Å². The summed E-state index contributed by atoms with van der Waals surface area (Å²) >= 11 is 0. The van der Waals surface area contributed by atoms with Gasteiger partial charge in [-0.1, -0.05) is 60.7 Å². The van der Waals surface area contributed by atoms with Gasteiger partial charge in [0.1, 0.15) is 13.2 Å². The Kier molecular flexibility index (Phi) is 11.4. The van der Waals surface area contributed by atoms with Crippen molar-refractivity contribution in [2.45, 2.75) is 31.5 Å². The summed E-state index contributed by atoms with van der Waals surface area (Å²) in [6, 6.07) is 27.6. The van der Waals surface area contributed by atoms with Gasteiger partial charge in [-0.05, 0) is 59.5 Å². The molecule has 1 unspecified atom stereocenters. The van der Waals surface area contributed by atoms with Gasteiger partial charge in [-0.3, -0.25) is 0 Å². The second-order valence-electron chi connectivity index (χ2n) is 10.1. The van der Waals surface area contributed by atoms with E-state index < -0.39 is 11.8 Å². The first-order chi connectivity index (χ1) is 21.1. The Hall–Kier alpha value is -3.95. The Labute approximate surface area is 265 Å². The first-order valence-electron chi connectivity index (χ1n) is 14.2. The molecule has 0 fully saturated rings. The van der Waals surface area contributed by atoms with Crippen LogP contribution >= 0.6 is 12.4 Å². The number of halogens is 1. The van der Waals surface area contributed by atoms with E-state index in [1.807, 2.05) is 78.9 Å².